The van der Waals surface area contributed by atoms with Gasteiger partial charge in [-0.2, -0.15) is 0 Å². The van der Waals surface area contributed by atoms with Crippen LogP contribution < -0.4 is 4.90 Å². The molecule has 0 unspecified atom stereocenters. The number of halogens is 1. The Kier molecular flexibility index (Phi) is 4.49. The van der Waals surface area contributed by atoms with E-state index in [1.165, 1.54) is 0 Å². The van der Waals surface area contributed by atoms with Crippen LogP contribution in [0.1, 0.15) is 5.69 Å². The molecule has 2 amide bonds. The molecule has 0 saturated carbocycles. The lowest BCUT2D eigenvalue weighted by molar-refractivity contribution is 0.213. The molecule has 114 valence electrons. The maximum Gasteiger partial charge on any atom is 0.324 e. The van der Waals surface area contributed by atoms with E-state index in [2.05, 4.69) is 9.97 Å². The fourth-order valence-corrected chi connectivity index (χ4v) is 3.46. The maximum atomic E-state index is 12.7. The number of nitrogens with zero attached hydrogens (tertiary/aromatic N) is 4. The smallest absolute Gasteiger partial charge is 0.321 e. The van der Waals surface area contributed by atoms with Crippen LogP contribution >= 0.6 is 23.4 Å². The largest absolute Gasteiger partial charge is 0.324 e. The van der Waals surface area contributed by atoms with E-state index < -0.39 is 0 Å². The number of fused-ring (bicyclic) bond motifs is 1. The van der Waals surface area contributed by atoms with E-state index in [0.717, 1.165) is 22.0 Å². The molecule has 0 atom stereocenters. The highest BCUT2D eigenvalue weighted by Crippen LogP contribution is 2.36. The van der Waals surface area contributed by atoms with Gasteiger partial charge in [0.05, 0.1) is 24.1 Å². The lowest BCUT2D eigenvalue weighted by Crippen LogP contribution is -2.43. The second-order valence-corrected chi connectivity index (χ2v) is 6.52. The Morgan fingerprint density at radius 3 is 3.09 bits per heavy atom. The topological polar surface area (TPSA) is 49.3 Å². The second kappa shape index (κ2) is 6.54. The summed E-state index contributed by atoms with van der Waals surface area (Å²) in [5, 5.41) is 0.635. The van der Waals surface area contributed by atoms with Gasteiger partial charge in [0.15, 0.2) is 0 Å². The highest BCUT2D eigenvalue weighted by Gasteiger charge is 2.25. The molecule has 0 bridgehead atoms. The van der Waals surface area contributed by atoms with Crippen molar-refractivity contribution in [2.24, 2.45) is 0 Å². The SMILES string of the molecule is CN(Cc1cnccn1)C(=O)N1CCSc2ccc(Cl)cc21. The van der Waals surface area contributed by atoms with E-state index in [1.54, 1.807) is 47.2 Å². The van der Waals surface area contributed by atoms with Crippen molar-refractivity contribution in [3.63, 3.8) is 0 Å². The summed E-state index contributed by atoms with van der Waals surface area (Å²) >= 11 is 7.82. The third-order valence-electron chi connectivity index (χ3n) is 3.36. The third-order valence-corrected chi connectivity index (χ3v) is 4.64. The number of thioether (sulfide) groups is 1. The number of anilines is 1. The summed E-state index contributed by atoms with van der Waals surface area (Å²) in [6, 6.07) is 5.60. The van der Waals surface area contributed by atoms with Crippen molar-refractivity contribution in [1.29, 1.82) is 0 Å². The van der Waals surface area contributed by atoms with Gasteiger partial charge in [0.1, 0.15) is 0 Å². The van der Waals surface area contributed by atoms with E-state index in [4.69, 9.17) is 11.6 Å². The molecule has 0 radical (unpaired) electrons. The number of urea groups is 1. The number of rotatable bonds is 2. The van der Waals surface area contributed by atoms with Crippen LogP contribution in [-0.2, 0) is 6.54 Å². The molecule has 2 aromatic rings. The van der Waals surface area contributed by atoms with Crippen LogP contribution in [0.2, 0.25) is 5.02 Å². The molecule has 0 aliphatic carbocycles. The lowest BCUT2D eigenvalue weighted by Gasteiger charge is -2.32. The van der Waals surface area contributed by atoms with Crippen molar-refractivity contribution in [2.45, 2.75) is 11.4 Å². The minimum atomic E-state index is -0.0607. The van der Waals surface area contributed by atoms with Crippen LogP contribution in [0.4, 0.5) is 10.5 Å². The van der Waals surface area contributed by atoms with Gasteiger partial charge in [0.2, 0.25) is 0 Å². The van der Waals surface area contributed by atoms with Gasteiger partial charge >= 0.3 is 6.03 Å². The maximum absolute atomic E-state index is 12.7. The normalized spacial score (nSPS) is 13.6. The van der Waals surface area contributed by atoms with Crippen molar-refractivity contribution < 1.29 is 4.79 Å². The van der Waals surface area contributed by atoms with Crippen molar-refractivity contribution in [1.82, 2.24) is 14.9 Å². The highest BCUT2D eigenvalue weighted by atomic mass is 35.5. The third kappa shape index (κ3) is 3.18. The zero-order valence-electron chi connectivity index (χ0n) is 12.1. The average molecular weight is 335 g/mol. The van der Waals surface area contributed by atoms with Crippen LogP contribution in [-0.4, -0.2) is 40.2 Å². The highest BCUT2D eigenvalue weighted by molar-refractivity contribution is 7.99. The second-order valence-electron chi connectivity index (χ2n) is 4.95. The predicted octanol–water partition coefficient (Wildman–Crippen LogP) is 3.29. The summed E-state index contributed by atoms with van der Waals surface area (Å²) in [6.45, 7) is 1.09. The van der Waals surface area contributed by atoms with E-state index in [9.17, 15) is 4.79 Å². The van der Waals surface area contributed by atoms with Crippen LogP contribution in [0.3, 0.4) is 0 Å². The fourth-order valence-electron chi connectivity index (χ4n) is 2.32. The molecule has 2 heterocycles. The molecule has 0 N–H and O–H groups in total. The molecule has 3 rings (SSSR count). The molecule has 1 aliphatic rings. The van der Waals surface area contributed by atoms with Gasteiger partial charge in [-0.25, -0.2) is 4.79 Å². The van der Waals surface area contributed by atoms with Gasteiger partial charge in [-0.3, -0.25) is 14.9 Å². The van der Waals surface area contributed by atoms with E-state index >= 15 is 0 Å². The summed E-state index contributed by atoms with van der Waals surface area (Å²) in [6.07, 6.45) is 4.91. The summed E-state index contributed by atoms with van der Waals surface area (Å²) in [5.74, 6) is 0.874. The lowest BCUT2D eigenvalue weighted by atomic mass is 10.3. The van der Waals surface area contributed by atoms with Crippen molar-refractivity contribution in [2.75, 3.05) is 24.2 Å². The first-order valence-corrected chi connectivity index (χ1v) is 8.21. The monoisotopic (exact) mass is 334 g/mol. The average Bonchev–Trinajstić information content (AvgIpc) is 2.54. The van der Waals surface area contributed by atoms with Gasteiger partial charge in [-0.1, -0.05) is 11.6 Å². The number of amides is 2. The molecule has 5 nitrogen and oxygen atoms in total. The molecular weight excluding hydrogens is 320 g/mol. The van der Waals surface area contributed by atoms with Crippen molar-refractivity contribution in [3.05, 3.63) is 47.5 Å². The van der Waals surface area contributed by atoms with E-state index in [-0.39, 0.29) is 6.03 Å². The molecule has 0 spiro atoms. The minimum Gasteiger partial charge on any atom is -0.321 e. The Balaban J connectivity index is 1.80. The molecule has 1 aromatic carbocycles. The predicted molar refractivity (Wildman–Crippen MR) is 88.4 cm³/mol. The fraction of sp³-hybridized carbons (Fsp3) is 0.267. The number of hydrogen-bond acceptors (Lipinski definition) is 4. The van der Waals surface area contributed by atoms with Crippen LogP contribution in [0.15, 0.2) is 41.7 Å². The Morgan fingerprint density at radius 1 is 1.45 bits per heavy atom. The van der Waals surface area contributed by atoms with Crippen LogP contribution in [0.25, 0.3) is 0 Å². The number of aromatic nitrogens is 2. The zero-order chi connectivity index (χ0) is 15.5. The minimum absolute atomic E-state index is 0.0607. The number of benzene rings is 1. The Morgan fingerprint density at radius 2 is 2.32 bits per heavy atom. The Hall–Kier alpha value is -1.79. The number of carbonyl (C=O) groups excluding carboxylic acids is 1. The summed E-state index contributed by atoms with van der Waals surface area (Å²) in [4.78, 5) is 25.5. The van der Waals surface area contributed by atoms with E-state index in [1.807, 2.05) is 18.2 Å². The molecule has 7 heteroatoms. The van der Waals surface area contributed by atoms with Crippen LogP contribution in [0, 0.1) is 0 Å². The molecule has 1 aliphatic heterocycles. The first-order chi connectivity index (χ1) is 10.6. The van der Waals surface area contributed by atoms with Crippen molar-refractivity contribution >= 4 is 35.1 Å². The zero-order valence-corrected chi connectivity index (χ0v) is 13.6. The first kappa shape index (κ1) is 15.1. The molecule has 0 saturated heterocycles. The Bertz CT molecular complexity index is 682. The molecular formula is C15H15ClN4OS. The molecule has 0 fully saturated rings. The van der Waals surface area contributed by atoms with Crippen molar-refractivity contribution in [3.8, 4) is 0 Å². The quantitative estimate of drug-likeness (QED) is 0.845. The van der Waals surface area contributed by atoms with Crippen LogP contribution in [0.5, 0.6) is 0 Å². The van der Waals surface area contributed by atoms with Gasteiger partial charge in [-0.05, 0) is 18.2 Å². The van der Waals surface area contributed by atoms with Gasteiger partial charge in [-0.15, -0.1) is 11.8 Å². The summed E-state index contributed by atoms with van der Waals surface area (Å²) in [5.41, 5.74) is 1.63. The molecule has 1 aromatic heterocycles. The first-order valence-electron chi connectivity index (χ1n) is 6.85. The summed E-state index contributed by atoms with van der Waals surface area (Å²) < 4.78 is 0. The standard InChI is InChI=1S/C15H15ClN4OS/c1-19(10-12-9-17-4-5-18-12)15(21)20-6-7-22-14-3-2-11(16)8-13(14)20/h2-5,8-9H,6-7,10H2,1H3. The van der Waals surface area contributed by atoms with E-state index in [0.29, 0.717) is 18.1 Å². The van der Waals surface area contributed by atoms with Gasteiger partial charge < -0.3 is 4.90 Å². The number of carbonyl (C=O) groups is 1. The molecule has 22 heavy (non-hydrogen) atoms. The van der Waals surface area contributed by atoms with Gasteiger partial charge in [0, 0.05) is 41.7 Å². The van der Waals surface area contributed by atoms with Gasteiger partial charge in [0.25, 0.3) is 0 Å². The Labute approximate surface area is 138 Å². The summed E-state index contributed by atoms with van der Waals surface area (Å²) in [7, 11) is 1.77. The number of hydrogen-bond donors (Lipinski definition) is 0.